The predicted octanol–water partition coefficient (Wildman–Crippen LogP) is 3.53. The Morgan fingerprint density at radius 2 is 1.95 bits per heavy atom. The molecule has 0 N–H and O–H groups in total. The first-order valence-electron chi connectivity index (χ1n) is 6.33. The number of carbonyl (C=O) groups is 1. The van der Waals surface area contributed by atoms with Gasteiger partial charge in [0.25, 0.3) is 0 Å². The summed E-state index contributed by atoms with van der Waals surface area (Å²) in [5.74, 6) is -0.351. The van der Waals surface area contributed by atoms with E-state index in [2.05, 4.69) is 6.07 Å². The first-order chi connectivity index (χ1) is 9.60. The number of nitriles is 1. The molecule has 0 aliphatic heterocycles. The van der Waals surface area contributed by atoms with Crippen molar-refractivity contribution in [2.24, 2.45) is 0 Å². The van der Waals surface area contributed by atoms with Crippen LogP contribution in [-0.2, 0) is 11.3 Å². The molecule has 0 fully saturated rings. The van der Waals surface area contributed by atoms with Crippen LogP contribution in [0.15, 0.2) is 42.5 Å². The molecule has 2 rings (SSSR count). The first kappa shape index (κ1) is 13.8. The number of hydrogen-bond donors (Lipinski definition) is 0. The van der Waals surface area contributed by atoms with E-state index in [1.54, 1.807) is 24.3 Å². The van der Waals surface area contributed by atoms with Crippen molar-refractivity contribution >= 4 is 5.97 Å². The summed E-state index contributed by atoms with van der Waals surface area (Å²) in [4.78, 5) is 11.9. The highest BCUT2D eigenvalue weighted by Crippen LogP contribution is 2.12. The highest BCUT2D eigenvalue weighted by molar-refractivity contribution is 5.89. The van der Waals surface area contributed by atoms with E-state index in [9.17, 15) is 4.79 Å². The van der Waals surface area contributed by atoms with Gasteiger partial charge in [-0.25, -0.2) is 4.79 Å². The van der Waals surface area contributed by atoms with Gasteiger partial charge in [0.15, 0.2) is 0 Å². The van der Waals surface area contributed by atoms with Crippen LogP contribution >= 0.6 is 0 Å². The van der Waals surface area contributed by atoms with Crippen LogP contribution in [0.1, 0.15) is 32.6 Å². The van der Waals surface area contributed by atoms with E-state index in [0.29, 0.717) is 11.1 Å². The van der Waals surface area contributed by atoms with Gasteiger partial charge in [-0.15, -0.1) is 0 Å². The molecule has 0 atom stereocenters. The number of aryl methyl sites for hydroxylation is 2. The van der Waals surface area contributed by atoms with Gasteiger partial charge in [-0.1, -0.05) is 18.2 Å². The van der Waals surface area contributed by atoms with E-state index >= 15 is 0 Å². The van der Waals surface area contributed by atoms with E-state index < -0.39 is 0 Å². The normalized spacial score (nSPS) is 9.85. The van der Waals surface area contributed by atoms with E-state index in [1.165, 1.54) is 0 Å². The number of ether oxygens (including phenoxy) is 1. The number of benzene rings is 2. The van der Waals surface area contributed by atoms with E-state index in [-0.39, 0.29) is 12.6 Å². The fourth-order valence-electron chi connectivity index (χ4n) is 1.83. The topological polar surface area (TPSA) is 50.1 Å². The zero-order chi connectivity index (χ0) is 14.5. The lowest BCUT2D eigenvalue weighted by atomic mass is 10.1. The summed E-state index contributed by atoms with van der Waals surface area (Å²) in [6.45, 7) is 4.13. The Morgan fingerprint density at radius 3 is 2.65 bits per heavy atom. The molecular formula is C17H15NO2. The van der Waals surface area contributed by atoms with E-state index in [4.69, 9.17) is 10.00 Å². The second-order valence-electron chi connectivity index (χ2n) is 4.69. The van der Waals surface area contributed by atoms with Gasteiger partial charge in [-0.2, -0.15) is 5.26 Å². The number of hydrogen-bond acceptors (Lipinski definition) is 3. The largest absolute Gasteiger partial charge is 0.457 e. The Bertz CT molecular complexity index is 684. The molecule has 0 spiro atoms. The van der Waals surface area contributed by atoms with Crippen molar-refractivity contribution in [1.82, 2.24) is 0 Å². The van der Waals surface area contributed by atoms with Crippen molar-refractivity contribution in [1.29, 1.82) is 5.26 Å². The van der Waals surface area contributed by atoms with Crippen LogP contribution in [0.3, 0.4) is 0 Å². The van der Waals surface area contributed by atoms with Gasteiger partial charge in [-0.05, 0) is 54.8 Å². The summed E-state index contributed by atoms with van der Waals surface area (Å²) in [5, 5.41) is 8.82. The van der Waals surface area contributed by atoms with Crippen molar-refractivity contribution in [3.8, 4) is 6.07 Å². The van der Waals surface area contributed by atoms with Crippen molar-refractivity contribution < 1.29 is 9.53 Å². The maximum Gasteiger partial charge on any atom is 0.338 e. The smallest absolute Gasteiger partial charge is 0.338 e. The first-order valence-corrected chi connectivity index (χ1v) is 6.33. The standard InChI is InChI=1S/C17H15NO2/c1-12-6-7-16(8-13(12)2)17(19)20-11-15-5-3-4-14(9-15)10-18/h3-9H,11H2,1-2H3. The number of carbonyl (C=O) groups excluding carboxylic acids is 1. The minimum absolute atomic E-state index is 0.168. The summed E-state index contributed by atoms with van der Waals surface area (Å²) in [6, 6.07) is 14.6. The molecule has 0 saturated heterocycles. The van der Waals surface area contributed by atoms with Crippen LogP contribution in [0.5, 0.6) is 0 Å². The van der Waals surface area contributed by atoms with Crippen LogP contribution in [0.25, 0.3) is 0 Å². The molecule has 2 aromatic rings. The molecule has 0 aromatic heterocycles. The number of nitrogens with zero attached hydrogens (tertiary/aromatic N) is 1. The Morgan fingerprint density at radius 1 is 1.15 bits per heavy atom. The van der Waals surface area contributed by atoms with Crippen molar-refractivity contribution in [3.05, 3.63) is 70.3 Å². The van der Waals surface area contributed by atoms with Crippen LogP contribution in [0, 0.1) is 25.2 Å². The minimum atomic E-state index is -0.351. The number of rotatable bonds is 3. The summed E-state index contributed by atoms with van der Waals surface area (Å²) < 4.78 is 5.26. The second kappa shape index (κ2) is 6.03. The van der Waals surface area contributed by atoms with Gasteiger partial charge in [0, 0.05) is 0 Å². The maximum absolute atomic E-state index is 11.9. The van der Waals surface area contributed by atoms with Gasteiger partial charge in [0.1, 0.15) is 6.61 Å². The molecular weight excluding hydrogens is 250 g/mol. The molecule has 100 valence electrons. The van der Waals surface area contributed by atoms with E-state index in [0.717, 1.165) is 16.7 Å². The zero-order valence-electron chi connectivity index (χ0n) is 11.5. The molecule has 0 amide bonds. The van der Waals surface area contributed by atoms with Crippen LogP contribution in [0.2, 0.25) is 0 Å². The van der Waals surface area contributed by atoms with Crippen molar-refractivity contribution in [2.75, 3.05) is 0 Å². The molecule has 0 unspecified atom stereocenters. The van der Waals surface area contributed by atoms with Gasteiger partial charge in [-0.3, -0.25) is 0 Å². The summed E-state index contributed by atoms with van der Waals surface area (Å²) in [6.07, 6.45) is 0. The molecule has 0 bridgehead atoms. The van der Waals surface area contributed by atoms with Gasteiger partial charge < -0.3 is 4.74 Å². The molecule has 0 heterocycles. The van der Waals surface area contributed by atoms with Gasteiger partial charge in [0.05, 0.1) is 17.2 Å². The third-order valence-corrected chi connectivity index (χ3v) is 3.17. The highest BCUT2D eigenvalue weighted by Gasteiger charge is 2.08. The summed E-state index contributed by atoms with van der Waals surface area (Å²) >= 11 is 0. The minimum Gasteiger partial charge on any atom is -0.457 e. The molecule has 3 nitrogen and oxygen atoms in total. The lowest BCUT2D eigenvalue weighted by Crippen LogP contribution is -2.06. The zero-order valence-corrected chi connectivity index (χ0v) is 11.5. The molecule has 0 aliphatic rings. The van der Waals surface area contributed by atoms with Gasteiger partial charge in [0.2, 0.25) is 0 Å². The average molecular weight is 265 g/mol. The molecule has 0 saturated carbocycles. The van der Waals surface area contributed by atoms with Crippen molar-refractivity contribution in [2.45, 2.75) is 20.5 Å². The number of esters is 1. The summed E-state index contributed by atoms with van der Waals surface area (Å²) in [7, 11) is 0. The lowest BCUT2D eigenvalue weighted by molar-refractivity contribution is 0.0472. The predicted molar refractivity (Wildman–Crippen MR) is 76.2 cm³/mol. The van der Waals surface area contributed by atoms with Crippen molar-refractivity contribution in [3.63, 3.8) is 0 Å². The Kier molecular flexibility index (Phi) is 4.17. The molecule has 0 aliphatic carbocycles. The third kappa shape index (κ3) is 3.24. The fourth-order valence-corrected chi connectivity index (χ4v) is 1.83. The van der Waals surface area contributed by atoms with Gasteiger partial charge >= 0.3 is 5.97 Å². The molecule has 3 heteroatoms. The lowest BCUT2D eigenvalue weighted by Gasteiger charge is -2.07. The monoisotopic (exact) mass is 265 g/mol. The van der Waals surface area contributed by atoms with Crippen LogP contribution < -0.4 is 0 Å². The third-order valence-electron chi connectivity index (χ3n) is 3.17. The molecule has 2 aromatic carbocycles. The van der Waals surface area contributed by atoms with Crippen LogP contribution in [-0.4, -0.2) is 5.97 Å². The average Bonchev–Trinajstić information content (AvgIpc) is 2.47. The highest BCUT2D eigenvalue weighted by atomic mass is 16.5. The summed E-state index contributed by atoms with van der Waals surface area (Å²) in [5.41, 5.74) is 4.12. The Balaban J connectivity index is 2.05. The fraction of sp³-hybridized carbons (Fsp3) is 0.176. The Hall–Kier alpha value is -2.60. The molecule has 20 heavy (non-hydrogen) atoms. The van der Waals surface area contributed by atoms with Crippen LogP contribution in [0.4, 0.5) is 0 Å². The van der Waals surface area contributed by atoms with E-state index in [1.807, 2.05) is 32.0 Å². The quantitative estimate of drug-likeness (QED) is 0.798. The SMILES string of the molecule is Cc1ccc(C(=O)OCc2cccc(C#N)c2)cc1C. The maximum atomic E-state index is 11.9. The molecule has 0 radical (unpaired) electrons. The Labute approximate surface area is 118 Å². The second-order valence-corrected chi connectivity index (χ2v) is 4.69.